The van der Waals surface area contributed by atoms with Crippen LogP contribution in [0.5, 0.6) is 0 Å². The maximum Gasteiger partial charge on any atom is 0.417 e. The quantitative estimate of drug-likeness (QED) is 0.741. The predicted molar refractivity (Wildman–Crippen MR) is 99.1 cm³/mol. The van der Waals surface area contributed by atoms with Gasteiger partial charge in [-0.05, 0) is 30.2 Å². The fourth-order valence-corrected chi connectivity index (χ4v) is 3.97. The van der Waals surface area contributed by atoms with Crippen LogP contribution in [0.15, 0.2) is 46.2 Å². The Hall–Kier alpha value is -2.66. The minimum absolute atomic E-state index is 0.00261. The number of alkyl halides is 3. The minimum Gasteiger partial charge on any atom is -0.310 e. The number of fused-ring (bicyclic) bond motifs is 1. The summed E-state index contributed by atoms with van der Waals surface area (Å²) in [7, 11) is -0.959. The van der Waals surface area contributed by atoms with Crippen molar-refractivity contribution in [3.05, 3.63) is 58.0 Å². The lowest BCUT2D eigenvalue weighted by molar-refractivity contribution is -0.138. The number of carbonyl (C=O) groups is 1. The summed E-state index contributed by atoms with van der Waals surface area (Å²) >= 11 is 0. The van der Waals surface area contributed by atoms with Gasteiger partial charge in [0.1, 0.15) is 6.54 Å². The first-order valence-corrected chi connectivity index (χ1v) is 9.99. The summed E-state index contributed by atoms with van der Waals surface area (Å²) in [6.07, 6.45) is -3.57. The molecule has 156 valence electrons. The van der Waals surface area contributed by atoms with Gasteiger partial charge >= 0.3 is 6.18 Å². The van der Waals surface area contributed by atoms with Gasteiger partial charge in [-0.25, -0.2) is 12.7 Å². The van der Waals surface area contributed by atoms with Gasteiger partial charge in [0.25, 0.3) is 5.56 Å². The SMILES string of the molecule is CN(C)S(=O)(=O)c1ccc2c(c1)N(C(=O)Cn1cc(C(F)(F)F)ccc1=O)CC2. The van der Waals surface area contributed by atoms with Gasteiger partial charge in [0.15, 0.2) is 0 Å². The molecule has 2 heterocycles. The molecular formula is C18H18F3N3O4S. The van der Waals surface area contributed by atoms with Crippen LogP contribution in [0.2, 0.25) is 0 Å². The van der Waals surface area contributed by atoms with E-state index < -0.39 is 39.8 Å². The van der Waals surface area contributed by atoms with E-state index in [1.54, 1.807) is 6.07 Å². The number of sulfonamides is 1. The number of hydrogen-bond acceptors (Lipinski definition) is 4. The van der Waals surface area contributed by atoms with Crippen molar-refractivity contribution in [3.63, 3.8) is 0 Å². The number of hydrogen-bond donors (Lipinski definition) is 0. The molecule has 11 heteroatoms. The zero-order chi connectivity index (χ0) is 21.6. The molecule has 0 unspecified atom stereocenters. The van der Waals surface area contributed by atoms with Crippen LogP contribution in [0.3, 0.4) is 0 Å². The second-order valence-electron chi connectivity index (χ2n) is 6.75. The molecule has 3 rings (SSSR count). The maximum absolute atomic E-state index is 12.9. The topological polar surface area (TPSA) is 79.7 Å². The Labute approximate surface area is 165 Å². The van der Waals surface area contributed by atoms with Crippen LogP contribution in [0.1, 0.15) is 11.1 Å². The molecule has 2 aromatic rings. The van der Waals surface area contributed by atoms with Gasteiger partial charge in [-0.1, -0.05) is 6.07 Å². The molecule has 1 amide bonds. The van der Waals surface area contributed by atoms with Crippen molar-refractivity contribution in [2.75, 3.05) is 25.5 Å². The van der Waals surface area contributed by atoms with Crippen LogP contribution in [-0.2, 0) is 34.0 Å². The smallest absolute Gasteiger partial charge is 0.310 e. The summed E-state index contributed by atoms with van der Waals surface area (Å²) in [6, 6.07) is 5.84. The average molecular weight is 429 g/mol. The summed E-state index contributed by atoms with van der Waals surface area (Å²) in [5.41, 5.74) is -0.661. The molecule has 0 aliphatic carbocycles. The van der Waals surface area contributed by atoms with Crippen molar-refractivity contribution >= 4 is 21.6 Å². The maximum atomic E-state index is 12.9. The number of aromatic nitrogens is 1. The molecule has 0 saturated heterocycles. The number of benzene rings is 1. The van der Waals surface area contributed by atoms with Gasteiger partial charge < -0.3 is 9.47 Å². The highest BCUT2D eigenvalue weighted by Gasteiger charge is 2.32. The van der Waals surface area contributed by atoms with Crippen molar-refractivity contribution in [2.45, 2.75) is 24.0 Å². The molecule has 1 aliphatic heterocycles. The monoisotopic (exact) mass is 429 g/mol. The Morgan fingerprint density at radius 2 is 1.86 bits per heavy atom. The van der Waals surface area contributed by atoms with Crippen LogP contribution in [0.25, 0.3) is 0 Å². The summed E-state index contributed by atoms with van der Waals surface area (Å²) in [5.74, 6) is -0.607. The van der Waals surface area contributed by atoms with Gasteiger partial charge in [0, 0.05) is 38.6 Å². The summed E-state index contributed by atoms with van der Waals surface area (Å²) in [6.45, 7) is -0.347. The Kier molecular flexibility index (Phi) is 5.30. The summed E-state index contributed by atoms with van der Waals surface area (Å²) in [4.78, 5) is 25.9. The average Bonchev–Trinajstić information content (AvgIpc) is 3.05. The fourth-order valence-electron chi connectivity index (χ4n) is 3.04. The van der Waals surface area contributed by atoms with E-state index in [9.17, 15) is 31.2 Å². The number of amides is 1. The third kappa shape index (κ3) is 4.06. The minimum atomic E-state index is -4.64. The number of halogens is 3. The van der Waals surface area contributed by atoms with E-state index in [0.717, 1.165) is 15.9 Å². The van der Waals surface area contributed by atoms with Gasteiger partial charge in [0.2, 0.25) is 15.9 Å². The first-order chi connectivity index (χ1) is 13.4. The second kappa shape index (κ2) is 7.30. The van der Waals surface area contributed by atoms with Crippen LogP contribution in [0.4, 0.5) is 18.9 Å². The Morgan fingerprint density at radius 3 is 2.48 bits per heavy atom. The highest BCUT2D eigenvalue weighted by molar-refractivity contribution is 7.89. The van der Waals surface area contributed by atoms with Gasteiger partial charge in [-0.2, -0.15) is 13.2 Å². The molecule has 7 nitrogen and oxygen atoms in total. The van der Waals surface area contributed by atoms with E-state index in [1.807, 2.05) is 0 Å². The predicted octanol–water partition coefficient (Wildman–Crippen LogP) is 1.71. The molecule has 0 N–H and O–H groups in total. The lowest BCUT2D eigenvalue weighted by Gasteiger charge is -2.20. The van der Waals surface area contributed by atoms with Crippen LogP contribution >= 0.6 is 0 Å². The second-order valence-corrected chi connectivity index (χ2v) is 8.91. The van der Waals surface area contributed by atoms with Crippen molar-refractivity contribution < 1.29 is 26.4 Å². The number of pyridine rings is 1. The van der Waals surface area contributed by atoms with Gasteiger partial charge in [-0.15, -0.1) is 0 Å². The van der Waals surface area contributed by atoms with Crippen LogP contribution in [0, 0.1) is 0 Å². The number of anilines is 1. The zero-order valence-electron chi connectivity index (χ0n) is 15.6. The van der Waals surface area contributed by atoms with E-state index in [2.05, 4.69) is 0 Å². The van der Waals surface area contributed by atoms with E-state index in [4.69, 9.17) is 0 Å². The van der Waals surface area contributed by atoms with Crippen LogP contribution in [-0.4, -0.2) is 43.8 Å². The van der Waals surface area contributed by atoms with Crippen molar-refractivity contribution in [2.24, 2.45) is 0 Å². The van der Waals surface area contributed by atoms with E-state index in [-0.39, 0.29) is 11.4 Å². The largest absolute Gasteiger partial charge is 0.417 e. The Morgan fingerprint density at radius 1 is 1.17 bits per heavy atom. The summed E-state index contributed by atoms with van der Waals surface area (Å²) < 4.78 is 65.1. The Balaban J connectivity index is 1.92. The molecule has 0 atom stereocenters. The summed E-state index contributed by atoms with van der Waals surface area (Å²) in [5, 5.41) is 0. The molecule has 1 aromatic heterocycles. The Bertz CT molecular complexity index is 1120. The molecular weight excluding hydrogens is 411 g/mol. The molecule has 0 spiro atoms. The number of rotatable bonds is 4. The highest BCUT2D eigenvalue weighted by Crippen LogP contribution is 2.32. The van der Waals surface area contributed by atoms with E-state index in [1.165, 1.54) is 31.1 Å². The van der Waals surface area contributed by atoms with Gasteiger partial charge in [-0.3, -0.25) is 9.59 Å². The lowest BCUT2D eigenvalue weighted by atomic mass is 10.2. The molecule has 0 saturated carbocycles. The molecule has 0 fully saturated rings. The van der Waals surface area contributed by atoms with Crippen LogP contribution < -0.4 is 10.5 Å². The van der Waals surface area contributed by atoms with Crippen molar-refractivity contribution in [1.29, 1.82) is 0 Å². The normalized spacial score (nSPS) is 14.3. The number of nitrogens with zero attached hydrogens (tertiary/aromatic N) is 3. The molecule has 0 radical (unpaired) electrons. The first-order valence-electron chi connectivity index (χ1n) is 8.55. The lowest BCUT2D eigenvalue weighted by Crippen LogP contribution is -2.35. The standard InChI is InChI=1S/C18H18F3N3O4S/c1-22(2)29(27,28)14-5-3-12-7-8-24(15(12)9-14)17(26)11-23-10-13(18(19,20)21)4-6-16(23)25/h3-6,9-10H,7-8,11H2,1-2H3. The molecule has 0 bridgehead atoms. The molecule has 1 aromatic carbocycles. The van der Waals surface area contributed by atoms with Crippen molar-refractivity contribution in [3.8, 4) is 0 Å². The highest BCUT2D eigenvalue weighted by atomic mass is 32.2. The van der Waals surface area contributed by atoms with E-state index in [0.29, 0.717) is 28.9 Å². The molecule has 29 heavy (non-hydrogen) atoms. The third-order valence-electron chi connectivity index (χ3n) is 4.65. The zero-order valence-corrected chi connectivity index (χ0v) is 16.4. The third-order valence-corrected chi connectivity index (χ3v) is 6.46. The van der Waals surface area contributed by atoms with Gasteiger partial charge in [0.05, 0.1) is 10.5 Å². The van der Waals surface area contributed by atoms with E-state index >= 15 is 0 Å². The first kappa shape index (κ1) is 21.1. The number of carbonyl (C=O) groups excluding carboxylic acids is 1. The fraction of sp³-hybridized carbons (Fsp3) is 0.333. The molecule has 1 aliphatic rings. The van der Waals surface area contributed by atoms with Crippen molar-refractivity contribution in [1.82, 2.24) is 8.87 Å².